The molecule has 2 amide bonds. The minimum atomic E-state index is -0.688. The Morgan fingerprint density at radius 3 is 2.39 bits per heavy atom. The van der Waals surface area contributed by atoms with Crippen LogP contribution in [0.3, 0.4) is 0 Å². The lowest BCUT2D eigenvalue weighted by Crippen LogP contribution is -2.44. The summed E-state index contributed by atoms with van der Waals surface area (Å²) in [5, 5.41) is 3.60. The van der Waals surface area contributed by atoms with Gasteiger partial charge in [-0.2, -0.15) is 0 Å². The van der Waals surface area contributed by atoms with Gasteiger partial charge in [0.2, 0.25) is 11.8 Å². The lowest BCUT2D eigenvalue weighted by molar-refractivity contribution is -0.146. The highest BCUT2D eigenvalue weighted by Gasteiger charge is 2.36. The number of carbonyl (C=O) groups is 4. The molecule has 0 bridgehead atoms. The third kappa shape index (κ3) is 10.1. The van der Waals surface area contributed by atoms with Crippen LogP contribution in [0.5, 0.6) is 0 Å². The zero-order chi connectivity index (χ0) is 30.1. The van der Waals surface area contributed by atoms with E-state index >= 15 is 0 Å². The molecule has 226 valence electrons. The molecule has 1 saturated carbocycles. The highest BCUT2D eigenvalue weighted by atomic mass is 32.2. The van der Waals surface area contributed by atoms with Crippen LogP contribution in [-0.4, -0.2) is 87.8 Å². The van der Waals surface area contributed by atoms with Crippen LogP contribution in [0, 0.1) is 17.8 Å². The van der Waals surface area contributed by atoms with Crippen molar-refractivity contribution in [2.45, 2.75) is 90.4 Å². The molecule has 1 aromatic heterocycles. The van der Waals surface area contributed by atoms with E-state index in [-0.39, 0.29) is 29.7 Å². The lowest BCUT2D eigenvalue weighted by Gasteiger charge is -2.34. The van der Waals surface area contributed by atoms with Gasteiger partial charge in [0, 0.05) is 63.5 Å². The molecule has 2 aliphatic rings. The fourth-order valence-corrected chi connectivity index (χ4v) is 6.05. The monoisotopic (exact) mass is 589 g/mol. The van der Waals surface area contributed by atoms with E-state index in [4.69, 9.17) is 9.47 Å². The van der Waals surface area contributed by atoms with Crippen LogP contribution < -0.4 is 5.32 Å². The predicted octanol–water partition coefficient (Wildman–Crippen LogP) is 2.82. The Labute approximate surface area is 246 Å². The van der Waals surface area contributed by atoms with Gasteiger partial charge < -0.3 is 19.7 Å². The van der Waals surface area contributed by atoms with Crippen molar-refractivity contribution in [2.24, 2.45) is 22.7 Å². The van der Waals surface area contributed by atoms with E-state index in [2.05, 4.69) is 20.3 Å². The van der Waals surface area contributed by atoms with Crippen molar-refractivity contribution < 1.29 is 28.7 Å². The summed E-state index contributed by atoms with van der Waals surface area (Å²) in [5.74, 6) is 0.114. The second-order valence-electron chi connectivity index (χ2n) is 11.3. The van der Waals surface area contributed by atoms with Gasteiger partial charge in [0.05, 0.1) is 13.0 Å². The molecular formula is C29H43N5O6S. The third-order valence-electron chi connectivity index (χ3n) is 7.47. The number of hydrogen-bond donors (Lipinski definition) is 1. The first kappa shape index (κ1) is 32.5. The molecule has 0 saturated heterocycles. The van der Waals surface area contributed by atoms with Crippen molar-refractivity contribution >= 4 is 40.6 Å². The molecule has 0 spiro atoms. The highest BCUT2D eigenvalue weighted by molar-refractivity contribution is 8.14. The minimum absolute atomic E-state index is 0.0978. The number of nitrogens with zero attached hydrogens (tertiary/aromatic N) is 4. The maximum absolute atomic E-state index is 13.3. The first-order valence-electron chi connectivity index (χ1n) is 14.3. The molecule has 12 heteroatoms. The second-order valence-corrected chi connectivity index (χ2v) is 12.4. The van der Waals surface area contributed by atoms with E-state index in [0.29, 0.717) is 48.2 Å². The van der Waals surface area contributed by atoms with Crippen molar-refractivity contribution in [1.29, 1.82) is 0 Å². The van der Waals surface area contributed by atoms with Crippen LogP contribution in [0.2, 0.25) is 0 Å². The SMILES string of the molecule is COC(=O)[C@@H](C)C[C@H](Cc1ncccn1)NC(=O)C1CSC([C@@H](CC(C(C)C)N(C)C(=O)CC2CC2)OC(C)=O)=N1. The standard InChI is InChI=1S/C29H43N5O6S/c1-17(2)23(34(5)26(36)13-20-8-9-20)15-24(40-19(4)35)28-33-22(16-41-28)27(37)32-21(12-18(3)29(38)39-6)14-25-30-10-7-11-31-25/h7,10-11,17-18,20-24H,8-9,12-16H2,1-6H3,(H,32,37)/t18-,21+,22?,23?,24+/m0/s1. The molecule has 2 heterocycles. The van der Waals surface area contributed by atoms with Crippen LogP contribution >= 0.6 is 11.8 Å². The fraction of sp³-hybridized carbons (Fsp3) is 0.690. The van der Waals surface area contributed by atoms with Crippen molar-refractivity contribution in [3.8, 4) is 0 Å². The molecule has 0 aromatic carbocycles. The largest absolute Gasteiger partial charge is 0.469 e. The Bertz CT molecular complexity index is 1100. The number of aliphatic imine (C=N–C) groups is 1. The molecular weight excluding hydrogens is 546 g/mol. The number of esters is 2. The molecule has 0 radical (unpaired) electrons. The van der Waals surface area contributed by atoms with Crippen molar-refractivity contribution in [2.75, 3.05) is 19.9 Å². The number of nitrogens with one attached hydrogen (secondary N) is 1. The Balaban J connectivity index is 1.72. The van der Waals surface area contributed by atoms with E-state index < -0.39 is 30.1 Å². The summed E-state index contributed by atoms with van der Waals surface area (Å²) in [7, 11) is 3.15. The summed E-state index contributed by atoms with van der Waals surface area (Å²) in [5.41, 5.74) is 0. The number of ether oxygens (including phenoxy) is 2. The first-order chi connectivity index (χ1) is 19.5. The quantitative estimate of drug-likeness (QED) is 0.306. The van der Waals surface area contributed by atoms with Crippen LogP contribution in [0.4, 0.5) is 0 Å². The average molecular weight is 590 g/mol. The van der Waals surface area contributed by atoms with Gasteiger partial charge >= 0.3 is 11.9 Å². The number of methoxy groups -OCH3 is 1. The van der Waals surface area contributed by atoms with Gasteiger partial charge in [-0.05, 0) is 37.2 Å². The third-order valence-corrected chi connectivity index (χ3v) is 8.62. The molecule has 1 N–H and O–H groups in total. The lowest BCUT2D eigenvalue weighted by atomic mass is 9.96. The van der Waals surface area contributed by atoms with E-state index in [1.165, 1.54) is 25.8 Å². The summed E-state index contributed by atoms with van der Waals surface area (Å²) in [4.78, 5) is 65.3. The van der Waals surface area contributed by atoms with Gasteiger partial charge in [0.15, 0.2) is 6.10 Å². The van der Waals surface area contributed by atoms with Crippen LogP contribution in [0.15, 0.2) is 23.5 Å². The predicted molar refractivity (Wildman–Crippen MR) is 156 cm³/mol. The summed E-state index contributed by atoms with van der Waals surface area (Å²) < 4.78 is 10.6. The number of aromatic nitrogens is 2. The van der Waals surface area contributed by atoms with Crippen molar-refractivity contribution in [3.05, 3.63) is 24.3 Å². The maximum Gasteiger partial charge on any atom is 0.308 e. The normalized spacial score (nSPS) is 19.5. The molecule has 1 aliphatic heterocycles. The number of carbonyl (C=O) groups excluding carboxylic acids is 4. The Kier molecular flexibility index (Phi) is 12.1. The molecule has 1 fully saturated rings. The summed E-state index contributed by atoms with van der Waals surface area (Å²) in [6.45, 7) is 7.19. The Morgan fingerprint density at radius 1 is 1.12 bits per heavy atom. The van der Waals surface area contributed by atoms with Crippen LogP contribution in [0.1, 0.15) is 65.6 Å². The number of thioether (sulfide) groups is 1. The number of rotatable bonds is 15. The minimum Gasteiger partial charge on any atom is -0.469 e. The van der Waals surface area contributed by atoms with E-state index in [1.54, 1.807) is 30.3 Å². The van der Waals surface area contributed by atoms with E-state index in [1.807, 2.05) is 20.9 Å². The van der Waals surface area contributed by atoms with Crippen molar-refractivity contribution in [3.63, 3.8) is 0 Å². The van der Waals surface area contributed by atoms with Crippen LogP contribution in [-0.2, 0) is 35.1 Å². The summed E-state index contributed by atoms with van der Waals surface area (Å²) >= 11 is 1.39. The Hall–Kier alpha value is -3.02. The van der Waals surface area contributed by atoms with Gasteiger partial charge in [-0.25, -0.2) is 9.97 Å². The topological polar surface area (TPSA) is 140 Å². The summed E-state index contributed by atoms with van der Waals surface area (Å²) in [6.07, 6.45) is 6.43. The van der Waals surface area contributed by atoms with Gasteiger partial charge in [0.25, 0.3) is 0 Å². The van der Waals surface area contributed by atoms with E-state index in [0.717, 1.165) is 12.8 Å². The van der Waals surface area contributed by atoms with Gasteiger partial charge in [-0.1, -0.05) is 20.8 Å². The zero-order valence-electron chi connectivity index (χ0n) is 24.9. The molecule has 2 unspecified atom stereocenters. The second kappa shape index (κ2) is 15.3. The van der Waals surface area contributed by atoms with Gasteiger partial charge in [-0.15, -0.1) is 11.8 Å². The molecule has 11 nitrogen and oxygen atoms in total. The maximum atomic E-state index is 13.3. The molecule has 41 heavy (non-hydrogen) atoms. The van der Waals surface area contributed by atoms with Gasteiger partial charge in [0.1, 0.15) is 16.9 Å². The van der Waals surface area contributed by atoms with Crippen molar-refractivity contribution in [1.82, 2.24) is 20.2 Å². The molecule has 1 aromatic rings. The number of amides is 2. The molecule has 5 atom stereocenters. The number of hydrogen-bond acceptors (Lipinski definition) is 10. The Morgan fingerprint density at radius 2 is 1.80 bits per heavy atom. The van der Waals surface area contributed by atoms with Gasteiger partial charge in [-0.3, -0.25) is 24.2 Å². The highest BCUT2D eigenvalue weighted by Crippen LogP contribution is 2.34. The molecule has 3 rings (SSSR count). The first-order valence-corrected chi connectivity index (χ1v) is 15.2. The smallest absolute Gasteiger partial charge is 0.308 e. The summed E-state index contributed by atoms with van der Waals surface area (Å²) in [6, 6.07) is 0.456. The van der Waals surface area contributed by atoms with E-state index in [9.17, 15) is 19.2 Å². The van der Waals surface area contributed by atoms with Crippen LogP contribution in [0.25, 0.3) is 0 Å². The fourth-order valence-electron chi connectivity index (χ4n) is 4.97. The molecule has 1 aliphatic carbocycles. The zero-order valence-corrected chi connectivity index (χ0v) is 25.7. The average Bonchev–Trinajstić information content (AvgIpc) is 3.60.